The van der Waals surface area contributed by atoms with Crippen molar-refractivity contribution in [2.45, 2.75) is 5.92 Å². The van der Waals surface area contributed by atoms with Gasteiger partial charge in [0.25, 0.3) is 0 Å². The van der Waals surface area contributed by atoms with Gasteiger partial charge < -0.3 is 20.1 Å². The fourth-order valence-electron chi connectivity index (χ4n) is 3.05. The van der Waals surface area contributed by atoms with E-state index in [4.69, 9.17) is 21.4 Å². The highest BCUT2D eigenvalue weighted by Crippen LogP contribution is 2.44. The number of fused-ring (bicyclic) bond motifs is 3. The second kappa shape index (κ2) is 5.20. The molecule has 2 amide bonds. The van der Waals surface area contributed by atoms with E-state index in [0.29, 0.717) is 29.5 Å². The molecule has 7 heteroatoms. The van der Waals surface area contributed by atoms with Crippen LogP contribution in [0.15, 0.2) is 12.1 Å². The Morgan fingerprint density at radius 2 is 2.19 bits per heavy atom. The second-order valence-corrected chi connectivity index (χ2v) is 5.64. The highest BCUT2D eigenvalue weighted by atomic mass is 35.5. The number of carbonyl (C=O) groups is 2. The molecule has 0 radical (unpaired) electrons. The van der Waals surface area contributed by atoms with Crippen LogP contribution in [-0.4, -0.2) is 48.6 Å². The molecule has 3 rings (SSSR count). The molecule has 2 atom stereocenters. The minimum Gasteiger partial charge on any atom is -0.495 e. The number of amides is 2. The molecule has 2 unspecified atom stereocenters. The lowest BCUT2D eigenvalue weighted by molar-refractivity contribution is -0.133. The Hall–Kier alpha value is -1.79. The van der Waals surface area contributed by atoms with Crippen molar-refractivity contribution >= 4 is 29.1 Å². The first-order chi connectivity index (χ1) is 10.0. The molecule has 0 saturated carbocycles. The number of aliphatic hydroxyl groups is 1. The molecule has 0 bridgehead atoms. The normalized spacial score (nSPS) is 23.4. The van der Waals surface area contributed by atoms with Gasteiger partial charge in [0.05, 0.1) is 18.1 Å². The summed E-state index contributed by atoms with van der Waals surface area (Å²) >= 11 is 6.08. The third kappa shape index (κ3) is 2.24. The number of hydrogen-bond acceptors (Lipinski definition) is 4. The van der Waals surface area contributed by atoms with E-state index >= 15 is 0 Å². The Bertz CT molecular complexity index is 619. The Morgan fingerprint density at radius 1 is 1.48 bits per heavy atom. The molecule has 6 nitrogen and oxygen atoms in total. The summed E-state index contributed by atoms with van der Waals surface area (Å²) in [6.07, 6.45) is 0. The smallest absolute Gasteiger partial charge is 0.248 e. The highest BCUT2D eigenvalue weighted by Gasteiger charge is 2.44. The van der Waals surface area contributed by atoms with Crippen molar-refractivity contribution in [2.75, 3.05) is 32.1 Å². The molecule has 112 valence electrons. The molecule has 0 aliphatic carbocycles. The van der Waals surface area contributed by atoms with Crippen LogP contribution in [0.2, 0.25) is 5.02 Å². The molecule has 0 aromatic heterocycles. The molecular formula is C14H15ClN2O4. The summed E-state index contributed by atoms with van der Waals surface area (Å²) in [5.41, 5.74) is 1.57. The van der Waals surface area contributed by atoms with Crippen LogP contribution in [0.25, 0.3) is 0 Å². The minimum atomic E-state index is -0.544. The van der Waals surface area contributed by atoms with E-state index in [2.05, 4.69) is 5.32 Å². The van der Waals surface area contributed by atoms with E-state index in [9.17, 15) is 9.59 Å². The van der Waals surface area contributed by atoms with Crippen molar-refractivity contribution in [1.29, 1.82) is 0 Å². The average Bonchev–Trinajstić information content (AvgIpc) is 2.92. The van der Waals surface area contributed by atoms with Gasteiger partial charge in [0, 0.05) is 24.7 Å². The first-order valence-electron chi connectivity index (χ1n) is 6.62. The van der Waals surface area contributed by atoms with Crippen LogP contribution in [0.1, 0.15) is 11.5 Å². The van der Waals surface area contributed by atoms with Gasteiger partial charge in [0.1, 0.15) is 12.4 Å². The van der Waals surface area contributed by atoms with Crippen LogP contribution < -0.4 is 10.1 Å². The fraction of sp³-hybridized carbons (Fsp3) is 0.429. The molecule has 21 heavy (non-hydrogen) atoms. The van der Waals surface area contributed by atoms with E-state index in [0.717, 1.165) is 5.56 Å². The second-order valence-electron chi connectivity index (χ2n) is 5.23. The van der Waals surface area contributed by atoms with Crippen LogP contribution in [0.5, 0.6) is 5.75 Å². The summed E-state index contributed by atoms with van der Waals surface area (Å²) in [6, 6.07) is 3.47. The third-order valence-electron chi connectivity index (χ3n) is 4.13. The molecule has 2 aliphatic heterocycles. The third-order valence-corrected chi connectivity index (χ3v) is 4.42. The van der Waals surface area contributed by atoms with Crippen molar-refractivity contribution in [3.8, 4) is 5.75 Å². The average molecular weight is 311 g/mol. The highest BCUT2D eigenvalue weighted by molar-refractivity contribution is 6.32. The van der Waals surface area contributed by atoms with Crippen LogP contribution in [0.3, 0.4) is 0 Å². The number of carbonyl (C=O) groups excluding carboxylic acids is 2. The lowest BCUT2D eigenvalue weighted by Crippen LogP contribution is -2.34. The minimum absolute atomic E-state index is 0.101. The lowest BCUT2D eigenvalue weighted by Gasteiger charge is -2.27. The fourth-order valence-corrected chi connectivity index (χ4v) is 3.30. The van der Waals surface area contributed by atoms with Gasteiger partial charge in [-0.3, -0.25) is 9.59 Å². The SMILES string of the molecule is COc1cc2c(cc1Cl)NC(=O)C1CN(C(=O)CO)CC21. The molecule has 1 fully saturated rings. The Kier molecular flexibility index (Phi) is 3.51. The summed E-state index contributed by atoms with van der Waals surface area (Å²) in [7, 11) is 1.53. The molecule has 2 heterocycles. The van der Waals surface area contributed by atoms with Crippen LogP contribution >= 0.6 is 11.6 Å². The summed E-state index contributed by atoms with van der Waals surface area (Å²) in [4.78, 5) is 25.3. The van der Waals surface area contributed by atoms with Crippen molar-refractivity contribution in [3.05, 3.63) is 22.7 Å². The number of ether oxygens (including phenoxy) is 1. The molecule has 1 aromatic rings. The summed E-state index contributed by atoms with van der Waals surface area (Å²) in [5, 5.41) is 12.2. The number of likely N-dealkylation sites (tertiary alicyclic amines) is 1. The standard InChI is InChI=1S/C14H15ClN2O4/c1-21-12-2-7-8-4-17(13(19)6-18)5-9(8)14(20)16-11(7)3-10(12)15/h2-3,8-9,18H,4-6H2,1H3,(H,16,20). The maximum absolute atomic E-state index is 12.2. The predicted octanol–water partition coefficient (Wildman–Crippen LogP) is 0.835. The van der Waals surface area contributed by atoms with Gasteiger partial charge >= 0.3 is 0 Å². The summed E-state index contributed by atoms with van der Waals surface area (Å²) in [6.45, 7) is 0.188. The monoisotopic (exact) mass is 310 g/mol. The molecule has 2 aliphatic rings. The van der Waals surface area contributed by atoms with E-state index in [1.54, 1.807) is 6.07 Å². The zero-order valence-corrected chi connectivity index (χ0v) is 12.2. The van der Waals surface area contributed by atoms with Gasteiger partial charge in [0.2, 0.25) is 11.8 Å². The zero-order chi connectivity index (χ0) is 15.1. The summed E-state index contributed by atoms with van der Waals surface area (Å²) in [5.74, 6) is -0.354. The number of hydrogen-bond donors (Lipinski definition) is 2. The number of nitrogens with zero attached hydrogens (tertiary/aromatic N) is 1. The van der Waals surface area contributed by atoms with Gasteiger partial charge in [0.15, 0.2) is 0 Å². The molecule has 0 spiro atoms. The Morgan fingerprint density at radius 3 is 2.86 bits per heavy atom. The Balaban J connectivity index is 2.00. The van der Waals surface area contributed by atoms with Crippen molar-refractivity contribution in [3.63, 3.8) is 0 Å². The van der Waals surface area contributed by atoms with Gasteiger partial charge in [-0.2, -0.15) is 0 Å². The first-order valence-corrected chi connectivity index (χ1v) is 7.00. The van der Waals surface area contributed by atoms with Gasteiger partial charge in [-0.15, -0.1) is 0 Å². The van der Waals surface area contributed by atoms with E-state index < -0.39 is 6.61 Å². The quantitative estimate of drug-likeness (QED) is 0.848. The van der Waals surface area contributed by atoms with Gasteiger partial charge in [-0.1, -0.05) is 11.6 Å². The van der Waals surface area contributed by atoms with Gasteiger partial charge in [-0.05, 0) is 17.7 Å². The number of benzene rings is 1. The zero-order valence-electron chi connectivity index (χ0n) is 11.4. The first kappa shape index (κ1) is 14.2. The van der Waals surface area contributed by atoms with Crippen molar-refractivity contribution in [2.24, 2.45) is 5.92 Å². The molecule has 2 N–H and O–H groups in total. The predicted molar refractivity (Wildman–Crippen MR) is 76.5 cm³/mol. The van der Waals surface area contributed by atoms with E-state index in [1.807, 2.05) is 6.07 Å². The lowest BCUT2D eigenvalue weighted by atomic mass is 9.84. The number of anilines is 1. The number of halogens is 1. The van der Waals surface area contributed by atoms with Crippen molar-refractivity contribution < 1.29 is 19.4 Å². The van der Waals surface area contributed by atoms with Crippen LogP contribution in [0.4, 0.5) is 5.69 Å². The number of rotatable bonds is 2. The summed E-state index contributed by atoms with van der Waals surface area (Å²) < 4.78 is 5.22. The number of aliphatic hydroxyl groups excluding tert-OH is 1. The largest absolute Gasteiger partial charge is 0.495 e. The maximum atomic E-state index is 12.2. The molecular weight excluding hydrogens is 296 g/mol. The number of methoxy groups -OCH3 is 1. The van der Waals surface area contributed by atoms with E-state index in [1.165, 1.54) is 12.0 Å². The van der Waals surface area contributed by atoms with Crippen molar-refractivity contribution in [1.82, 2.24) is 4.90 Å². The van der Waals surface area contributed by atoms with E-state index in [-0.39, 0.29) is 23.7 Å². The molecule has 1 saturated heterocycles. The topological polar surface area (TPSA) is 78.9 Å². The van der Waals surface area contributed by atoms with Crippen LogP contribution in [0, 0.1) is 5.92 Å². The molecule has 1 aromatic carbocycles. The maximum Gasteiger partial charge on any atom is 0.248 e. The van der Waals surface area contributed by atoms with Gasteiger partial charge in [-0.25, -0.2) is 0 Å². The van der Waals surface area contributed by atoms with Crippen LogP contribution in [-0.2, 0) is 9.59 Å². The number of nitrogens with one attached hydrogen (secondary N) is 1. The Labute approximate surface area is 126 Å².